The topological polar surface area (TPSA) is 109 Å². The number of benzene rings is 2. The van der Waals surface area contributed by atoms with E-state index in [0.29, 0.717) is 0 Å². The van der Waals surface area contributed by atoms with Gasteiger partial charge in [-0.25, -0.2) is 4.79 Å². The van der Waals surface area contributed by atoms with E-state index in [4.69, 9.17) is 9.84 Å². The molecule has 1 aromatic heterocycles. The van der Waals surface area contributed by atoms with Crippen molar-refractivity contribution >= 4 is 29.5 Å². The number of hydrogen-bond donors (Lipinski definition) is 2. The van der Waals surface area contributed by atoms with Gasteiger partial charge in [0, 0.05) is 24.8 Å². The van der Waals surface area contributed by atoms with Gasteiger partial charge in [0.2, 0.25) is 5.91 Å². The Morgan fingerprint density at radius 2 is 1.74 bits per heavy atom. The van der Waals surface area contributed by atoms with Gasteiger partial charge in [-0.05, 0) is 46.3 Å². The summed E-state index contributed by atoms with van der Waals surface area (Å²) in [5.41, 5.74) is 5.12. The lowest BCUT2D eigenvalue weighted by Crippen LogP contribution is -2.47. The number of aliphatic carboxylic acids is 1. The van der Waals surface area contributed by atoms with Crippen molar-refractivity contribution in [2.24, 2.45) is 0 Å². The average molecular weight is 480 g/mol. The highest BCUT2D eigenvalue weighted by atomic mass is 32.1. The van der Waals surface area contributed by atoms with E-state index in [9.17, 15) is 14.4 Å². The number of rotatable bonds is 9. The number of carbonyl (C=O) groups is 3. The number of nitrogens with one attached hydrogen (secondary N) is 1. The number of aromatic nitrogens is 1. The SMILES string of the molecule is CN(Cc1ccsn1)C(=O)C(CCC(=O)O)NC(=O)OCC1c2ccccc2-c2ccccc21. The monoisotopic (exact) mass is 479 g/mol. The molecule has 0 radical (unpaired) electrons. The van der Waals surface area contributed by atoms with Crippen molar-refractivity contribution in [3.8, 4) is 11.1 Å². The Hall–Kier alpha value is -3.72. The Labute approximate surface area is 201 Å². The molecule has 2 amide bonds. The molecular weight excluding hydrogens is 454 g/mol. The summed E-state index contributed by atoms with van der Waals surface area (Å²) in [5, 5.41) is 13.5. The van der Waals surface area contributed by atoms with Crippen LogP contribution in [-0.4, -0.2) is 52.0 Å². The second-order valence-corrected chi connectivity index (χ2v) is 8.81. The van der Waals surface area contributed by atoms with Gasteiger partial charge in [0.1, 0.15) is 12.6 Å². The Balaban J connectivity index is 1.41. The number of carboxylic acids is 1. The number of amides is 2. The fourth-order valence-corrected chi connectivity index (χ4v) is 4.75. The molecule has 1 aliphatic rings. The third kappa shape index (κ3) is 5.26. The predicted octanol–water partition coefficient (Wildman–Crippen LogP) is 3.87. The van der Waals surface area contributed by atoms with E-state index in [1.54, 1.807) is 13.1 Å². The number of ether oxygens (including phenoxy) is 1. The van der Waals surface area contributed by atoms with Crippen LogP contribution in [-0.2, 0) is 20.9 Å². The van der Waals surface area contributed by atoms with Crippen LogP contribution in [0.25, 0.3) is 11.1 Å². The number of carbonyl (C=O) groups excluding carboxylic acids is 2. The highest BCUT2D eigenvalue weighted by molar-refractivity contribution is 7.03. The molecule has 176 valence electrons. The van der Waals surface area contributed by atoms with Gasteiger partial charge >= 0.3 is 12.1 Å². The maximum absolute atomic E-state index is 12.9. The number of likely N-dealkylation sites (N-methyl/N-ethyl adjacent to an activating group) is 1. The molecular formula is C25H25N3O5S. The van der Waals surface area contributed by atoms with E-state index >= 15 is 0 Å². The molecule has 1 atom stereocenters. The van der Waals surface area contributed by atoms with Gasteiger partial charge in [-0.1, -0.05) is 48.5 Å². The summed E-state index contributed by atoms with van der Waals surface area (Å²) < 4.78 is 9.72. The molecule has 0 aliphatic heterocycles. The summed E-state index contributed by atoms with van der Waals surface area (Å²) in [6, 6.07) is 16.8. The maximum atomic E-state index is 12.9. The summed E-state index contributed by atoms with van der Waals surface area (Å²) in [5.74, 6) is -1.56. The molecule has 0 fully saturated rings. The second-order valence-electron chi connectivity index (χ2n) is 8.14. The lowest BCUT2D eigenvalue weighted by molar-refractivity contribution is -0.138. The molecule has 2 aromatic carbocycles. The number of fused-ring (bicyclic) bond motifs is 3. The molecule has 4 rings (SSSR count). The van der Waals surface area contributed by atoms with Crippen molar-refractivity contribution in [1.29, 1.82) is 0 Å². The molecule has 1 unspecified atom stereocenters. The summed E-state index contributed by atoms with van der Waals surface area (Å²) in [4.78, 5) is 38.1. The Morgan fingerprint density at radius 3 is 2.32 bits per heavy atom. The van der Waals surface area contributed by atoms with Crippen molar-refractivity contribution in [2.75, 3.05) is 13.7 Å². The highest BCUT2D eigenvalue weighted by Crippen LogP contribution is 2.44. The summed E-state index contributed by atoms with van der Waals surface area (Å²) in [6.45, 7) is 0.368. The van der Waals surface area contributed by atoms with Crippen molar-refractivity contribution in [1.82, 2.24) is 14.6 Å². The smallest absolute Gasteiger partial charge is 0.407 e. The van der Waals surface area contributed by atoms with Gasteiger partial charge in [0.15, 0.2) is 0 Å². The van der Waals surface area contributed by atoms with Crippen LogP contribution in [0.3, 0.4) is 0 Å². The quantitative estimate of drug-likeness (QED) is 0.482. The van der Waals surface area contributed by atoms with E-state index in [0.717, 1.165) is 27.9 Å². The zero-order valence-corrected chi connectivity index (χ0v) is 19.5. The first-order valence-electron chi connectivity index (χ1n) is 10.9. The molecule has 1 heterocycles. The lowest BCUT2D eigenvalue weighted by Gasteiger charge is -2.24. The molecule has 8 nitrogen and oxygen atoms in total. The Kier molecular flexibility index (Phi) is 7.22. The molecule has 0 saturated heterocycles. The minimum Gasteiger partial charge on any atom is -0.481 e. The summed E-state index contributed by atoms with van der Waals surface area (Å²) in [6.07, 6.45) is -1.06. The van der Waals surface area contributed by atoms with Gasteiger partial charge < -0.3 is 20.1 Å². The molecule has 2 N–H and O–H groups in total. The third-order valence-electron chi connectivity index (χ3n) is 5.85. The summed E-state index contributed by atoms with van der Waals surface area (Å²) in [7, 11) is 1.59. The molecule has 3 aromatic rings. The number of nitrogens with zero attached hydrogens (tertiary/aromatic N) is 2. The first-order chi connectivity index (χ1) is 16.4. The van der Waals surface area contributed by atoms with E-state index in [-0.39, 0.29) is 31.9 Å². The summed E-state index contributed by atoms with van der Waals surface area (Å²) >= 11 is 1.28. The van der Waals surface area contributed by atoms with Crippen molar-refractivity contribution < 1.29 is 24.2 Å². The van der Waals surface area contributed by atoms with Crippen LogP contribution < -0.4 is 5.32 Å². The molecule has 1 aliphatic carbocycles. The fourth-order valence-electron chi connectivity index (χ4n) is 4.21. The van der Waals surface area contributed by atoms with Crippen molar-refractivity contribution in [2.45, 2.75) is 31.3 Å². The molecule has 0 bridgehead atoms. The van der Waals surface area contributed by atoms with Gasteiger partial charge in [-0.15, -0.1) is 0 Å². The molecule has 0 saturated carbocycles. The minimum absolute atomic E-state index is 0.0419. The fraction of sp³-hybridized carbons (Fsp3) is 0.280. The zero-order valence-electron chi connectivity index (χ0n) is 18.6. The van der Waals surface area contributed by atoms with Crippen molar-refractivity contribution in [3.63, 3.8) is 0 Å². The normalized spacial score (nSPS) is 13.0. The molecule has 9 heteroatoms. The van der Waals surface area contributed by atoms with Gasteiger partial charge in [0.05, 0.1) is 12.2 Å². The zero-order chi connectivity index (χ0) is 24.1. The third-order valence-corrected chi connectivity index (χ3v) is 6.45. The van der Waals surface area contributed by atoms with Crippen LogP contribution in [0.15, 0.2) is 60.0 Å². The van der Waals surface area contributed by atoms with E-state index in [2.05, 4.69) is 9.69 Å². The number of hydrogen-bond acceptors (Lipinski definition) is 6. The van der Waals surface area contributed by atoms with Crippen LogP contribution in [0.4, 0.5) is 4.79 Å². The second kappa shape index (κ2) is 10.5. The van der Waals surface area contributed by atoms with Crippen LogP contribution >= 0.6 is 11.5 Å². The molecule has 0 spiro atoms. The predicted molar refractivity (Wildman–Crippen MR) is 127 cm³/mol. The highest BCUT2D eigenvalue weighted by Gasteiger charge is 2.30. The van der Waals surface area contributed by atoms with E-state index in [1.807, 2.05) is 53.9 Å². The molecule has 34 heavy (non-hydrogen) atoms. The minimum atomic E-state index is -1.05. The first-order valence-corrected chi connectivity index (χ1v) is 11.7. The first kappa shape index (κ1) is 23.4. The van der Waals surface area contributed by atoms with E-state index in [1.165, 1.54) is 16.4 Å². The standard InChI is InChI=1S/C25H25N3O5S/c1-28(14-16-12-13-34-27-16)24(31)22(10-11-23(29)30)26-25(32)33-15-21-19-8-4-2-6-17(19)18-7-3-5-9-20(18)21/h2-9,12-13,21-22H,10-11,14-15H2,1H3,(H,26,32)(H,29,30). The number of carboxylic acid groups (broad SMARTS) is 1. The lowest BCUT2D eigenvalue weighted by atomic mass is 9.98. The van der Waals surface area contributed by atoms with Crippen LogP contribution in [0.5, 0.6) is 0 Å². The van der Waals surface area contributed by atoms with Gasteiger partial charge in [-0.3, -0.25) is 9.59 Å². The van der Waals surface area contributed by atoms with E-state index < -0.39 is 24.0 Å². The number of alkyl carbamates (subject to hydrolysis) is 1. The maximum Gasteiger partial charge on any atom is 0.407 e. The van der Waals surface area contributed by atoms with Crippen LogP contribution in [0, 0.1) is 0 Å². The largest absolute Gasteiger partial charge is 0.481 e. The van der Waals surface area contributed by atoms with Crippen LogP contribution in [0.2, 0.25) is 0 Å². The van der Waals surface area contributed by atoms with Gasteiger partial charge in [0.25, 0.3) is 0 Å². The van der Waals surface area contributed by atoms with Gasteiger partial charge in [-0.2, -0.15) is 4.37 Å². The Bertz CT molecular complexity index is 1140. The average Bonchev–Trinajstić information content (AvgIpc) is 3.46. The van der Waals surface area contributed by atoms with Crippen LogP contribution in [0.1, 0.15) is 35.6 Å². The van der Waals surface area contributed by atoms with Crippen molar-refractivity contribution in [3.05, 3.63) is 76.8 Å². The Morgan fingerprint density at radius 1 is 1.09 bits per heavy atom.